The Bertz CT molecular complexity index is 317. The van der Waals surface area contributed by atoms with Gasteiger partial charge in [0, 0.05) is 18.3 Å². The standard InChI is InChI=1S/C22H46N2OS/c1-4-20-10-6-7-11-21(12-8-9-19(3)13-14-20)26-18-15-22(25)24-17-16-23-5-2/h19-25H,4-18H2,1-3H3. The van der Waals surface area contributed by atoms with Crippen LogP contribution in [0.15, 0.2) is 0 Å². The summed E-state index contributed by atoms with van der Waals surface area (Å²) in [4.78, 5) is 0. The molecule has 0 aliphatic heterocycles. The topological polar surface area (TPSA) is 44.3 Å². The molecule has 0 aromatic rings. The molecule has 4 unspecified atom stereocenters. The first kappa shape index (κ1) is 24.3. The van der Waals surface area contributed by atoms with Gasteiger partial charge in [0.1, 0.15) is 6.23 Å². The minimum atomic E-state index is -0.349. The Kier molecular flexibility index (Phi) is 15.1. The van der Waals surface area contributed by atoms with Gasteiger partial charge >= 0.3 is 0 Å². The van der Waals surface area contributed by atoms with Gasteiger partial charge in [-0.1, -0.05) is 72.1 Å². The average Bonchev–Trinajstić information content (AvgIpc) is 2.63. The second-order valence-electron chi connectivity index (χ2n) is 8.28. The summed E-state index contributed by atoms with van der Waals surface area (Å²) in [5.74, 6) is 2.94. The number of thioether (sulfide) groups is 1. The van der Waals surface area contributed by atoms with E-state index in [2.05, 4.69) is 43.2 Å². The van der Waals surface area contributed by atoms with Crippen LogP contribution in [0.3, 0.4) is 0 Å². The number of likely N-dealkylation sites (N-methyl/N-ethyl adjacent to an activating group) is 1. The molecule has 4 atom stereocenters. The molecule has 0 radical (unpaired) electrons. The van der Waals surface area contributed by atoms with E-state index in [4.69, 9.17) is 0 Å². The van der Waals surface area contributed by atoms with Crippen molar-refractivity contribution >= 4 is 11.8 Å². The Labute approximate surface area is 167 Å². The van der Waals surface area contributed by atoms with Crippen molar-refractivity contribution < 1.29 is 5.11 Å². The summed E-state index contributed by atoms with van der Waals surface area (Å²) < 4.78 is 0. The molecular weight excluding hydrogens is 340 g/mol. The summed E-state index contributed by atoms with van der Waals surface area (Å²) in [6.45, 7) is 9.71. The third-order valence-electron chi connectivity index (χ3n) is 5.93. The molecule has 3 N–H and O–H groups in total. The molecule has 1 saturated carbocycles. The normalized spacial score (nSPS) is 27.5. The molecule has 1 aliphatic rings. The van der Waals surface area contributed by atoms with Gasteiger partial charge in [-0.15, -0.1) is 0 Å². The molecule has 0 saturated heterocycles. The first-order chi connectivity index (χ1) is 12.7. The molecule has 1 rings (SSSR count). The lowest BCUT2D eigenvalue weighted by molar-refractivity contribution is 0.135. The second-order valence-corrected chi connectivity index (χ2v) is 9.69. The molecule has 1 fully saturated rings. The smallest absolute Gasteiger partial charge is 0.105 e. The predicted octanol–water partition coefficient (Wildman–Crippen LogP) is 5.18. The molecule has 0 amide bonds. The van der Waals surface area contributed by atoms with Crippen molar-refractivity contribution in [2.75, 3.05) is 25.4 Å². The summed E-state index contributed by atoms with van der Waals surface area (Å²) in [7, 11) is 0. The monoisotopic (exact) mass is 386 g/mol. The third-order valence-corrected chi connectivity index (χ3v) is 7.35. The lowest BCUT2D eigenvalue weighted by Crippen LogP contribution is -2.35. The van der Waals surface area contributed by atoms with E-state index in [1.165, 1.54) is 64.2 Å². The van der Waals surface area contributed by atoms with Gasteiger partial charge in [0.05, 0.1) is 0 Å². The van der Waals surface area contributed by atoms with Crippen LogP contribution >= 0.6 is 11.8 Å². The largest absolute Gasteiger partial charge is 0.379 e. The minimum absolute atomic E-state index is 0.349. The molecule has 4 heteroatoms. The zero-order chi connectivity index (χ0) is 19.0. The maximum atomic E-state index is 10.1. The molecule has 156 valence electrons. The van der Waals surface area contributed by atoms with Crippen LogP contribution in [0.4, 0.5) is 0 Å². The number of hydrogen-bond donors (Lipinski definition) is 3. The average molecular weight is 387 g/mol. The van der Waals surface area contributed by atoms with Crippen molar-refractivity contribution in [2.45, 2.75) is 103 Å². The molecule has 0 spiro atoms. The highest BCUT2D eigenvalue weighted by Crippen LogP contribution is 2.29. The number of hydrogen-bond acceptors (Lipinski definition) is 4. The van der Waals surface area contributed by atoms with Gasteiger partial charge in [-0.05, 0) is 43.4 Å². The summed E-state index contributed by atoms with van der Waals surface area (Å²) in [5, 5.41) is 17.4. The number of aliphatic hydroxyl groups is 1. The molecular formula is C22H46N2OS. The van der Waals surface area contributed by atoms with E-state index in [1.807, 2.05) is 0 Å². The fraction of sp³-hybridized carbons (Fsp3) is 1.00. The fourth-order valence-electron chi connectivity index (χ4n) is 3.98. The Hall–Kier alpha value is 0.230. The second kappa shape index (κ2) is 16.2. The van der Waals surface area contributed by atoms with Crippen LogP contribution in [0.2, 0.25) is 0 Å². The zero-order valence-corrected chi connectivity index (χ0v) is 18.6. The van der Waals surface area contributed by atoms with E-state index < -0.39 is 0 Å². The van der Waals surface area contributed by atoms with Gasteiger partial charge in [0.25, 0.3) is 0 Å². The van der Waals surface area contributed by atoms with Gasteiger partial charge in [0.15, 0.2) is 0 Å². The maximum Gasteiger partial charge on any atom is 0.105 e. The van der Waals surface area contributed by atoms with Crippen molar-refractivity contribution in [1.29, 1.82) is 0 Å². The summed E-state index contributed by atoms with van der Waals surface area (Å²) in [6.07, 6.45) is 14.6. The Balaban J connectivity index is 2.25. The van der Waals surface area contributed by atoms with E-state index in [0.717, 1.165) is 48.9 Å². The zero-order valence-electron chi connectivity index (χ0n) is 17.8. The highest BCUT2D eigenvalue weighted by Gasteiger charge is 2.15. The van der Waals surface area contributed by atoms with Crippen LogP contribution in [0, 0.1) is 11.8 Å². The van der Waals surface area contributed by atoms with E-state index in [9.17, 15) is 5.11 Å². The lowest BCUT2D eigenvalue weighted by atomic mass is 9.87. The summed E-state index contributed by atoms with van der Waals surface area (Å²) in [6, 6.07) is 0. The Morgan fingerprint density at radius 2 is 1.73 bits per heavy atom. The van der Waals surface area contributed by atoms with Gasteiger partial charge in [-0.25, -0.2) is 0 Å². The van der Waals surface area contributed by atoms with Crippen molar-refractivity contribution in [3.05, 3.63) is 0 Å². The van der Waals surface area contributed by atoms with Gasteiger partial charge in [0.2, 0.25) is 0 Å². The summed E-state index contributed by atoms with van der Waals surface area (Å²) in [5.41, 5.74) is 0. The van der Waals surface area contributed by atoms with Crippen LogP contribution in [-0.2, 0) is 0 Å². The lowest BCUT2D eigenvalue weighted by Gasteiger charge is -2.22. The minimum Gasteiger partial charge on any atom is -0.379 e. The van der Waals surface area contributed by atoms with Crippen molar-refractivity contribution in [1.82, 2.24) is 10.6 Å². The molecule has 3 nitrogen and oxygen atoms in total. The first-order valence-electron chi connectivity index (χ1n) is 11.4. The van der Waals surface area contributed by atoms with Crippen molar-refractivity contribution in [2.24, 2.45) is 11.8 Å². The number of rotatable bonds is 10. The highest BCUT2D eigenvalue weighted by molar-refractivity contribution is 7.99. The van der Waals surface area contributed by atoms with E-state index in [1.54, 1.807) is 0 Å². The molecule has 1 aliphatic carbocycles. The van der Waals surface area contributed by atoms with Gasteiger partial charge in [-0.2, -0.15) is 11.8 Å². The maximum absolute atomic E-state index is 10.1. The van der Waals surface area contributed by atoms with Crippen LogP contribution < -0.4 is 10.6 Å². The predicted molar refractivity (Wildman–Crippen MR) is 118 cm³/mol. The van der Waals surface area contributed by atoms with Crippen molar-refractivity contribution in [3.63, 3.8) is 0 Å². The van der Waals surface area contributed by atoms with Gasteiger partial charge in [-0.3, -0.25) is 5.32 Å². The molecule has 0 aromatic carbocycles. The molecule has 26 heavy (non-hydrogen) atoms. The van der Waals surface area contributed by atoms with Crippen LogP contribution in [0.25, 0.3) is 0 Å². The Morgan fingerprint density at radius 1 is 0.962 bits per heavy atom. The highest BCUT2D eigenvalue weighted by atomic mass is 32.2. The van der Waals surface area contributed by atoms with Crippen LogP contribution in [0.1, 0.15) is 91.4 Å². The molecule has 0 aromatic heterocycles. The van der Waals surface area contributed by atoms with Crippen LogP contribution in [0.5, 0.6) is 0 Å². The van der Waals surface area contributed by atoms with E-state index >= 15 is 0 Å². The Morgan fingerprint density at radius 3 is 2.50 bits per heavy atom. The third kappa shape index (κ3) is 12.6. The fourth-order valence-corrected chi connectivity index (χ4v) is 5.34. The number of nitrogens with one attached hydrogen (secondary N) is 2. The van der Waals surface area contributed by atoms with E-state index in [0.29, 0.717) is 0 Å². The SMILES string of the molecule is CCNCCNC(O)CCSC1CCCCC(CC)CCC(C)CCC1. The molecule has 0 heterocycles. The number of aliphatic hydroxyl groups excluding tert-OH is 1. The quantitative estimate of drug-likeness (QED) is 0.357. The van der Waals surface area contributed by atoms with Crippen molar-refractivity contribution in [3.8, 4) is 0 Å². The van der Waals surface area contributed by atoms with E-state index in [-0.39, 0.29) is 6.23 Å². The first-order valence-corrected chi connectivity index (χ1v) is 12.4. The van der Waals surface area contributed by atoms with Crippen LogP contribution in [-0.4, -0.2) is 42.0 Å². The molecule has 0 bridgehead atoms. The summed E-state index contributed by atoms with van der Waals surface area (Å²) >= 11 is 2.11. The van der Waals surface area contributed by atoms with Gasteiger partial charge < -0.3 is 10.4 Å².